The second-order valence-corrected chi connectivity index (χ2v) is 7.60. The van der Waals surface area contributed by atoms with Gasteiger partial charge in [0.25, 0.3) is 0 Å². The summed E-state index contributed by atoms with van der Waals surface area (Å²) in [6.07, 6.45) is 3.83. The molecule has 2 N–H and O–H groups in total. The number of aliphatic hydroxyl groups excluding tert-OH is 1. The molecule has 0 radical (unpaired) electrons. The number of imidazole rings is 1. The molecule has 31 heavy (non-hydrogen) atoms. The monoisotopic (exact) mass is 447 g/mol. The molecule has 3 aromatic rings. The van der Waals surface area contributed by atoms with Gasteiger partial charge < -0.3 is 19.7 Å². The number of aromatic nitrogens is 2. The number of aliphatic hydroxyl groups is 1. The number of hydrogen-bond acceptors (Lipinski definition) is 4. The third-order valence-corrected chi connectivity index (χ3v) is 5.35. The summed E-state index contributed by atoms with van der Waals surface area (Å²) in [5.41, 5.74) is 1.89. The minimum absolute atomic E-state index is 0. The molecule has 5 nitrogen and oxygen atoms in total. The van der Waals surface area contributed by atoms with E-state index in [-0.39, 0.29) is 37.4 Å². The maximum absolute atomic E-state index is 13.8. The number of benzene rings is 2. The van der Waals surface area contributed by atoms with Crippen molar-refractivity contribution >= 4 is 12.4 Å². The molecule has 0 amide bonds. The molecule has 0 bridgehead atoms. The average Bonchev–Trinajstić information content (AvgIpc) is 3.17. The lowest BCUT2D eigenvalue weighted by atomic mass is 9.98. The average molecular weight is 448 g/mol. The van der Waals surface area contributed by atoms with E-state index in [2.05, 4.69) is 30.2 Å². The van der Waals surface area contributed by atoms with Gasteiger partial charge in [0, 0.05) is 26.0 Å². The molecule has 0 fully saturated rings. The van der Waals surface area contributed by atoms with E-state index in [4.69, 9.17) is 4.74 Å². The topological polar surface area (TPSA) is 59.3 Å². The van der Waals surface area contributed by atoms with Crippen LogP contribution in [-0.4, -0.2) is 33.9 Å². The molecule has 0 aliphatic carbocycles. The highest BCUT2D eigenvalue weighted by atomic mass is 35.5. The van der Waals surface area contributed by atoms with Crippen molar-refractivity contribution in [1.29, 1.82) is 0 Å². The summed E-state index contributed by atoms with van der Waals surface area (Å²) in [7, 11) is 1.89. The molecule has 3 rings (SSSR count). The van der Waals surface area contributed by atoms with Crippen LogP contribution in [0.25, 0.3) is 0 Å². The number of ether oxygens (including phenoxy) is 1. The fourth-order valence-corrected chi connectivity index (χ4v) is 3.44. The Hall–Kier alpha value is -2.41. The maximum atomic E-state index is 13.8. The third kappa shape index (κ3) is 6.53. The number of nitrogens with one attached hydrogen (secondary N) is 1. The lowest BCUT2D eigenvalue weighted by Crippen LogP contribution is -2.35. The van der Waals surface area contributed by atoms with Crippen LogP contribution >= 0.6 is 12.4 Å². The van der Waals surface area contributed by atoms with Gasteiger partial charge in [-0.3, -0.25) is 0 Å². The molecule has 0 aliphatic heterocycles. The SMILES string of the molecule is CCC(C)c1ccccc1OCC(O)CNC(c1cccc(F)c1)c1nccn1C.Cl. The molecule has 3 atom stereocenters. The molecule has 0 saturated heterocycles. The van der Waals surface area contributed by atoms with Crippen LogP contribution in [0.5, 0.6) is 5.75 Å². The maximum Gasteiger partial charge on any atom is 0.130 e. The molecule has 1 heterocycles. The third-order valence-electron chi connectivity index (χ3n) is 5.35. The number of aryl methyl sites for hydroxylation is 1. The van der Waals surface area contributed by atoms with E-state index in [1.165, 1.54) is 12.1 Å². The Morgan fingerprint density at radius 1 is 1.19 bits per heavy atom. The minimum atomic E-state index is -0.730. The summed E-state index contributed by atoms with van der Waals surface area (Å²) < 4.78 is 21.6. The van der Waals surface area contributed by atoms with Crippen LogP contribution < -0.4 is 10.1 Å². The largest absolute Gasteiger partial charge is 0.491 e. The first-order chi connectivity index (χ1) is 14.5. The Kier molecular flexibility index (Phi) is 9.49. The summed E-state index contributed by atoms with van der Waals surface area (Å²) in [5.74, 6) is 1.63. The Labute approximate surface area is 189 Å². The summed E-state index contributed by atoms with van der Waals surface area (Å²) >= 11 is 0. The highest BCUT2D eigenvalue weighted by Crippen LogP contribution is 2.28. The van der Waals surface area contributed by atoms with E-state index in [1.807, 2.05) is 42.1 Å². The summed E-state index contributed by atoms with van der Waals surface area (Å²) in [5, 5.41) is 13.8. The van der Waals surface area contributed by atoms with E-state index < -0.39 is 6.10 Å². The normalized spacial score (nSPS) is 13.8. The zero-order chi connectivity index (χ0) is 21.5. The molecule has 2 aromatic carbocycles. The highest BCUT2D eigenvalue weighted by molar-refractivity contribution is 5.85. The Morgan fingerprint density at radius 3 is 2.65 bits per heavy atom. The van der Waals surface area contributed by atoms with E-state index in [0.29, 0.717) is 5.92 Å². The van der Waals surface area contributed by atoms with Crippen molar-refractivity contribution in [1.82, 2.24) is 14.9 Å². The minimum Gasteiger partial charge on any atom is -0.491 e. The van der Waals surface area contributed by atoms with Crippen molar-refractivity contribution in [3.63, 3.8) is 0 Å². The highest BCUT2D eigenvalue weighted by Gasteiger charge is 2.20. The van der Waals surface area contributed by atoms with Gasteiger partial charge in [-0.15, -0.1) is 12.4 Å². The van der Waals surface area contributed by atoms with Gasteiger partial charge in [0.1, 0.15) is 30.1 Å². The van der Waals surface area contributed by atoms with Crippen LogP contribution in [0.15, 0.2) is 60.9 Å². The zero-order valence-corrected chi connectivity index (χ0v) is 19.0. The number of hydrogen-bond donors (Lipinski definition) is 2. The second-order valence-electron chi connectivity index (χ2n) is 7.60. The van der Waals surface area contributed by atoms with E-state index >= 15 is 0 Å². The van der Waals surface area contributed by atoms with Crippen molar-refractivity contribution in [2.75, 3.05) is 13.2 Å². The van der Waals surface area contributed by atoms with Gasteiger partial charge in [0.15, 0.2) is 0 Å². The van der Waals surface area contributed by atoms with Crippen LogP contribution in [0, 0.1) is 5.82 Å². The predicted octanol–water partition coefficient (Wildman–Crippen LogP) is 4.61. The van der Waals surface area contributed by atoms with Gasteiger partial charge in [-0.25, -0.2) is 9.37 Å². The Balaban J connectivity index is 0.00000341. The van der Waals surface area contributed by atoms with Crippen molar-refractivity contribution in [3.05, 3.63) is 83.7 Å². The first kappa shape index (κ1) is 24.9. The first-order valence-corrected chi connectivity index (χ1v) is 10.4. The number of halogens is 2. The van der Waals surface area contributed by atoms with Crippen LogP contribution in [0.2, 0.25) is 0 Å². The van der Waals surface area contributed by atoms with Gasteiger partial charge in [0.2, 0.25) is 0 Å². The van der Waals surface area contributed by atoms with Crippen molar-refractivity contribution in [3.8, 4) is 5.75 Å². The van der Waals surface area contributed by atoms with E-state index in [0.717, 1.165) is 29.1 Å². The second kappa shape index (κ2) is 11.8. The fourth-order valence-electron chi connectivity index (χ4n) is 3.44. The Morgan fingerprint density at radius 2 is 1.97 bits per heavy atom. The standard InChI is InChI=1S/C24H30FN3O2.ClH/c1-4-17(2)21-10-5-6-11-22(21)30-16-20(29)15-27-23(24-26-12-13-28(24)3)18-8-7-9-19(25)14-18;/h5-14,17,20,23,27,29H,4,15-16H2,1-3H3;1H. The summed E-state index contributed by atoms with van der Waals surface area (Å²) in [4.78, 5) is 4.40. The molecule has 7 heteroatoms. The summed E-state index contributed by atoms with van der Waals surface area (Å²) in [6.45, 7) is 4.75. The quantitative estimate of drug-likeness (QED) is 0.476. The van der Waals surface area contributed by atoms with Crippen LogP contribution in [0.4, 0.5) is 4.39 Å². The van der Waals surface area contributed by atoms with Crippen molar-refractivity contribution in [2.45, 2.75) is 38.3 Å². The van der Waals surface area contributed by atoms with Gasteiger partial charge in [-0.1, -0.05) is 44.2 Å². The predicted molar refractivity (Wildman–Crippen MR) is 123 cm³/mol. The fraction of sp³-hybridized carbons (Fsp3) is 0.375. The van der Waals surface area contributed by atoms with E-state index in [9.17, 15) is 9.50 Å². The first-order valence-electron chi connectivity index (χ1n) is 10.4. The Bertz CT molecular complexity index is 950. The van der Waals surface area contributed by atoms with Gasteiger partial charge in [0.05, 0.1) is 6.04 Å². The molecule has 168 valence electrons. The van der Waals surface area contributed by atoms with E-state index in [1.54, 1.807) is 12.3 Å². The number of para-hydroxylation sites is 1. The molecular weight excluding hydrogens is 417 g/mol. The summed E-state index contributed by atoms with van der Waals surface area (Å²) in [6, 6.07) is 14.0. The molecular formula is C24H31ClFN3O2. The van der Waals surface area contributed by atoms with Crippen molar-refractivity contribution < 1.29 is 14.2 Å². The molecule has 1 aromatic heterocycles. The number of rotatable bonds is 10. The van der Waals surface area contributed by atoms with Crippen LogP contribution in [0.1, 0.15) is 49.2 Å². The van der Waals surface area contributed by atoms with Crippen molar-refractivity contribution in [2.24, 2.45) is 7.05 Å². The van der Waals surface area contributed by atoms with Gasteiger partial charge in [-0.2, -0.15) is 0 Å². The molecule has 3 unspecified atom stereocenters. The van der Waals surface area contributed by atoms with Gasteiger partial charge >= 0.3 is 0 Å². The smallest absolute Gasteiger partial charge is 0.130 e. The number of nitrogens with zero attached hydrogens (tertiary/aromatic N) is 2. The van der Waals surface area contributed by atoms with Crippen LogP contribution in [-0.2, 0) is 7.05 Å². The van der Waals surface area contributed by atoms with Crippen LogP contribution in [0.3, 0.4) is 0 Å². The zero-order valence-electron chi connectivity index (χ0n) is 18.2. The van der Waals surface area contributed by atoms with Gasteiger partial charge in [-0.05, 0) is 41.7 Å². The lowest BCUT2D eigenvalue weighted by molar-refractivity contribution is 0.104. The molecule has 0 saturated carbocycles. The molecule has 0 aliphatic rings. The lowest BCUT2D eigenvalue weighted by Gasteiger charge is -2.22. The molecule has 0 spiro atoms.